The van der Waals surface area contributed by atoms with Gasteiger partial charge in [-0.15, -0.1) is 0 Å². The summed E-state index contributed by atoms with van der Waals surface area (Å²) in [5, 5.41) is 9.85. The van der Waals surface area contributed by atoms with E-state index in [2.05, 4.69) is 19.8 Å². The van der Waals surface area contributed by atoms with Crippen molar-refractivity contribution in [3.05, 3.63) is 18.5 Å². The number of hydrogen-bond donors (Lipinski definition) is 1. The normalized spacial score (nSPS) is 23.2. The van der Waals surface area contributed by atoms with Gasteiger partial charge in [-0.3, -0.25) is 4.90 Å². The molecule has 1 saturated carbocycles. The summed E-state index contributed by atoms with van der Waals surface area (Å²) in [6.45, 7) is 5.43. The maximum atomic E-state index is 9.85. The van der Waals surface area contributed by atoms with Gasteiger partial charge in [0, 0.05) is 57.1 Å². The highest BCUT2D eigenvalue weighted by Gasteiger charge is 2.34. The Morgan fingerprint density at radius 2 is 1.67 bits per heavy atom. The molecule has 2 aliphatic rings. The SMILES string of the molecule is OCC1(CN2CCN(c3ncccn3)CC2)CCCCC1. The molecule has 3 rings (SSSR count). The number of hydrogen-bond acceptors (Lipinski definition) is 5. The molecule has 1 aromatic heterocycles. The molecule has 0 aromatic carbocycles. The lowest BCUT2D eigenvalue weighted by atomic mass is 9.74. The molecule has 2 fully saturated rings. The van der Waals surface area contributed by atoms with E-state index in [1.165, 1.54) is 32.1 Å². The maximum absolute atomic E-state index is 9.85. The molecule has 0 unspecified atom stereocenters. The van der Waals surface area contributed by atoms with Crippen molar-refractivity contribution >= 4 is 5.95 Å². The molecule has 116 valence electrons. The quantitative estimate of drug-likeness (QED) is 0.911. The molecule has 1 aromatic rings. The summed E-state index contributed by atoms with van der Waals surface area (Å²) in [5.74, 6) is 0.840. The van der Waals surface area contributed by atoms with Gasteiger partial charge in [-0.05, 0) is 18.9 Å². The van der Waals surface area contributed by atoms with E-state index in [1.54, 1.807) is 12.4 Å². The first-order valence-electron chi connectivity index (χ1n) is 8.17. The molecule has 1 aliphatic carbocycles. The highest BCUT2D eigenvalue weighted by molar-refractivity contribution is 5.29. The number of aliphatic hydroxyl groups is 1. The Hall–Kier alpha value is -1.20. The van der Waals surface area contributed by atoms with E-state index in [0.29, 0.717) is 6.61 Å². The molecule has 0 radical (unpaired) electrons. The first kappa shape index (κ1) is 14.7. The highest BCUT2D eigenvalue weighted by Crippen LogP contribution is 2.36. The van der Waals surface area contributed by atoms with Crippen LogP contribution in [0.4, 0.5) is 5.95 Å². The fourth-order valence-electron chi connectivity index (χ4n) is 3.70. The molecule has 0 atom stereocenters. The zero-order valence-corrected chi connectivity index (χ0v) is 12.7. The molecule has 2 heterocycles. The van der Waals surface area contributed by atoms with Gasteiger partial charge in [0.2, 0.25) is 5.95 Å². The molecule has 0 amide bonds. The van der Waals surface area contributed by atoms with Gasteiger partial charge in [-0.1, -0.05) is 19.3 Å². The zero-order chi connectivity index (χ0) is 14.5. The highest BCUT2D eigenvalue weighted by atomic mass is 16.3. The van der Waals surface area contributed by atoms with Crippen LogP contribution in [-0.4, -0.2) is 59.3 Å². The number of nitrogens with zero attached hydrogens (tertiary/aromatic N) is 4. The summed E-state index contributed by atoms with van der Waals surface area (Å²) in [4.78, 5) is 13.4. The molecular weight excluding hydrogens is 264 g/mol. The third-order valence-corrected chi connectivity index (χ3v) is 5.02. The molecular formula is C16H26N4O. The molecule has 1 N–H and O–H groups in total. The Kier molecular flexibility index (Phi) is 4.70. The van der Waals surface area contributed by atoms with Crippen LogP contribution in [0.5, 0.6) is 0 Å². The summed E-state index contributed by atoms with van der Waals surface area (Å²) in [6.07, 6.45) is 9.86. The van der Waals surface area contributed by atoms with Gasteiger partial charge in [-0.25, -0.2) is 9.97 Å². The molecule has 1 aliphatic heterocycles. The van der Waals surface area contributed by atoms with Crippen molar-refractivity contribution in [2.45, 2.75) is 32.1 Å². The number of piperazine rings is 1. The Labute approximate surface area is 127 Å². The topological polar surface area (TPSA) is 52.5 Å². The maximum Gasteiger partial charge on any atom is 0.225 e. The van der Waals surface area contributed by atoms with Gasteiger partial charge >= 0.3 is 0 Å². The van der Waals surface area contributed by atoms with E-state index < -0.39 is 0 Å². The van der Waals surface area contributed by atoms with Gasteiger partial charge in [-0.2, -0.15) is 0 Å². The van der Waals surface area contributed by atoms with Gasteiger partial charge in [0.05, 0.1) is 0 Å². The molecule has 0 spiro atoms. The van der Waals surface area contributed by atoms with Crippen LogP contribution < -0.4 is 4.90 Å². The lowest BCUT2D eigenvalue weighted by molar-refractivity contribution is 0.0385. The monoisotopic (exact) mass is 290 g/mol. The van der Waals surface area contributed by atoms with Crippen molar-refractivity contribution in [2.75, 3.05) is 44.2 Å². The van der Waals surface area contributed by atoms with Crippen molar-refractivity contribution < 1.29 is 5.11 Å². The predicted octanol–water partition coefficient (Wildman–Crippen LogP) is 1.54. The van der Waals surface area contributed by atoms with Crippen molar-refractivity contribution in [2.24, 2.45) is 5.41 Å². The fraction of sp³-hybridized carbons (Fsp3) is 0.750. The van der Waals surface area contributed by atoms with Crippen LogP contribution in [-0.2, 0) is 0 Å². The second-order valence-corrected chi connectivity index (χ2v) is 6.53. The minimum absolute atomic E-state index is 0.156. The van der Waals surface area contributed by atoms with Gasteiger partial charge in [0.1, 0.15) is 0 Å². The lowest BCUT2D eigenvalue weighted by Gasteiger charge is -2.43. The van der Waals surface area contributed by atoms with E-state index in [1.807, 2.05) is 6.07 Å². The average molecular weight is 290 g/mol. The van der Waals surface area contributed by atoms with Crippen LogP contribution in [0.15, 0.2) is 18.5 Å². The smallest absolute Gasteiger partial charge is 0.225 e. The Balaban J connectivity index is 1.53. The Morgan fingerprint density at radius 1 is 1.00 bits per heavy atom. The van der Waals surface area contributed by atoms with E-state index in [-0.39, 0.29) is 5.41 Å². The molecule has 5 nitrogen and oxygen atoms in total. The van der Waals surface area contributed by atoms with Crippen LogP contribution in [0, 0.1) is 5.41 Å². The van der Waals surface area contributed by atoms with E-state index in [4.69, 9.17) is 0 Å². The van der Waals surface area contributed by atoms with Crippen LogP contribution >= 0.6 is 0 Å². The molecule has 0 bridgehead atoms. The number of aliphatic hydroxyl groups excluding tert-OH is 1. The van der Waals surface area contributed by atoms with Crippen molar-refractivity contribution in [3.63, 3.8) is 0 Å². The van der Waals surface area contributed by atoms with Gasteiger partial charge < -0.3 is 10.0 Å². The predicted molar refractivity (Wildman–Crippen MR) is 83.3 cm³/mol. The van der Waals surface area contributed by atoms with Crippen LogP contribution in [0.3, 0.4) is 0 Å². The lowest BCUT2D eigenvalue weighted by Crippen LogP contribution is -2.51. The summed E-state index contributed by atoms with van der Waals surface area (Å²) >= 11 is 0. The minimum atomic E-state index is 0.156. The number of rotatable bonds is 4. The van der Waals surface area contributed by atoms with Crippen LogP contribution in [0.1, 0.15) is 32.1 Å². The van der Waals surface area contributed by atoms with Gasteiger partial charge in [0.15, 0.2) is 0 Å². The Bertz CT molecular complexity index is 425. The first-order valence-corrected chi connectivity index (χ1v) is 8.17. The van der Waals surface area contributed by atoms with Crippen molar-refractivity contribution in [1.82, 2.24) is 14.9 Å². The molecule has 1 saturated heterocycles. The third kappa shape index (κ3) is 3.52. The van der Waals surface area contributed by atoms with Gasteiger partial charge in [0.25, 0.3) is 0 Å². The largest absolute Gasteiger partial charge is 0.396 e. The van der Waals surface area contributed by atoms with E-state index in [0.717, 1.165) is 38.7 Å². The standard InChI is InChI=1S/C16H26N4O/c21-14-16(5-2-1-3-6-16)13-19-9-11-20(12-10-19)15-17-7-4-8-18-15/h4,7-8,21H,1-3,5-6,9-14H2. The Morgan fingerprint density at radius 3 is 2.29 bits per heavy atom. The second kappa shape index (κ2) is 6.71. The summed E-state index contributed by atoms with van der Waals surface area (Å²) in [7, 11) is 0. The fourth-order valence-corrected chi connectivity index (χ4v) is 3.70. The summed E-state index contributed by atoms with van der Waals surface area (Å²) in [5.41, 5.74) is 0.156. The second-order valence-electron chi connectivity index (χ2n) is 6.53. The van der Waals surface area contributed by atoms with E-state index in [9.17, 15) is 5.11 Å². The van der Waals surface area contributed by atoms with E-state index >= 15 is 0 Å². The first-order chi connectivity index (χ1) is 10.3. The minimum Gasteiger partial charge on any atom is -0.396 e. The molecule has 21 heavy (non-hydrogen) atoms. The van der Waals surface area contributed by atoms with Crippen molar-refractivity contribution in [1.29, 1.82) is 0 Å². The third-order valence-electron chi connectivity index (χ3n) is 5.02. The molecule has 5 heteroatoms. The number of aromatic nitrogens is 2. The van der Waals surface area contributed by atoms with Crippen molar-refractivity contribution in [3.8, 4) is 0 Å². The summed E-state index contributed by atoms with van der Waals surface area (Å²) < 4.78 is 0. The average Bonchev–Trinajstić information content (AvgIpc) is 2.57. The van der Waals surface area contributed by atoms with Crippen LogP contribution in [0.2, 0.25) is 0 Å². The van der Waals surface area contributed by atoms with Crippen LogP contribution in [0.25, 0.3) is 0 Å². The zero-order valence-electron chi connectivity index (χ0n) is 12.7. The number of anilines is 1. The summed E-state index contributed by atoms with van der Waals surface area (Å²) in [6, 6.07) is 1.85.